The number of aliphatic hydroxyl groups excluding tert-OH is 1. The standard InChI is InChI=1S/C14H14BrN3O.C7H11NO.CH4O/c15-13-11-6-10(7-16)19-12(11)8-17-14(13)18-9-4-2-1-3-5-9;9-4-5-3-6-1-2-7(5)8-6;1-2/h6,8-9H,1-5H2,(H,17,18);4-8H,1-3H2;2H,1H3. The Morgan fingerprint density at radius 2 is 2.07 bits per heavy atom. The molecule has 1 aliphatic carbocycles. The molecule has 4 heterocycles. The molecule has 8 heteroatoms. The summed E-state index contributed by atoms with van der Waals surface area (Å²) in [7, 11) is 1.00. The number of hydrogen-bond donors (Lipinski definition) is 3. The number of rotatable bonds is 3. The van der Waals surface area contributed by atoms with Crippen molar-refractivity contribution >= 4 is 39.0 Å². The number of aromatic nitrogens is 1. The van der Waals surface area contributed by atoms with Gasteiger partial charge in [-0.05, 0) is 48.0 Å². The summed E-state index contributed by atoms with van der Waals surface area (Å²) < 4.78 is 6.24. The molecule has 0 spiro atoms. The van der Waals surface area contributed by atoms with Crippen molar-refractivity contribution in [2.75, 3.05) is 12.4 Å². The molecule has 3 unspecified atom stereocenters. The van der Waals surface area contributed by atoms with Gasteiger partial charge in [-0.15, -0.1) is 0 Å². The molecule has 2 aromatic rings. The maximum absolute atomic E-state index is 10.4. The number of anilines is 1. The largest absolute Gasteiger partial charge is 0.444 e. The average molecular weight is 477 g/mol. The number of pyridine rings is 1. The molecule has 3 N–H and O–H groups in total. The Labute approximate surface area is 185 Å². The first-order valence-electron chi connectivity index (χ1n) is 10.6. The Kier molecular flexibility index (Phi) is 8.25. The molecular formula is C22H29BrN4O3. The Morgan fingerprint density at radius 1 is 1.30 bits per heavy atom. The molecule has 2 aliphatic heterocycles. The van der Waals surface area contributed by atoms with E-state index in [1.807, 2.05) is 6.07 Å². The molecule has 5 rings (SSSR count). The van der Waals surface area contributed by atoms with E-state index in [4.69, 9.17) is 14.8 Å². The van der Waals surface area contributed by atoms with Crippen LogP contribution >= 0.6 is 15.9 Å². The highest BCUT2D eigenvalue weighted by Crippen LogP contribution is 2.33. The number of fused-ring (bicyclic) bond motifs is 3. The number of nitrogens with one attached hydrogen (secondary N) is 2. The minimum Gasteiger partial charge on any atom is -0.444 e. The van der Waals surface area contributed by atoms with Crippen molar-refractivity contribution in [2.24, 2.45) is 5.92 Å². The van der Waals surface area contributed by atoms with Crippen molar-refractivity contribution in [2.45, 2.75) is 69.5 Å². The van der Waals surface area contributed by atoms with E-state index in [1.165, 1.54) is 44.9 Å². The smallest absolute Gasteiger partial charge is 0.204 e. The second-order valence-corrected chi connectivity index (χ2v) is 8.78. The normalized spacial score (nSPS) is 24.9. The van der Waals surface area contributed by atoms with Crippen molar-refractivity contribution in [3.63, 3.8) is 0 Å². The third-order valence-electron chi connectivity index (χ3n) is 6.10. The average Bonchev–Trinajstić information content (AvgIpc) is 3.54. The lowest BCUT2D eigenvalue weighted by Gasteiger charge is -2.23. The van der Waals surface area contributed by atoms with Gasteiger partial charge in [0.15, 0.2) is 5.58 Å². The number of aldehydes is 1. The summed E-state index contributed by atoms with van der Waals surface area (Å²) in [4.78, 5) is 14.7. The predicted octanol–water partition coefficient (Wildman–Crippen LogP) is 4.14. The van der Waals surface area contributed by atoms with E-state index < -0.39 is 0 Å². The number of aliphatic hydroxyl groups is 1. The Balaban J connectivity index is 0.000000194. The van der Waals surface area contributed by atoms with Gasteiger partial charge < -0.3 is 25.0 Å². The zero-order valence-corrected chi connectivity index (χ0v) is 18.8. The van der Waals surface area contributed by atoms with Crippen LogP contribution in [0.2, 0.25) is 0 Å². The summed E-state index contributed by atoms with van der Waals surface area (Å²) in [5.74, 6) is 1.49. The monoisotopic (exact) mass is 476 g/mol. The first-order chi connectivity index (χ1) is 14.7. The van der Waals surface area contributed by atoms with Gasteiger partial charge in [0.25, 0.3) is 0 Å². The van der Waals surface area contributed by atoms with Gasteiger partial charge in [-0.25, -0.2) is 4.98 Å². The molecule has 3 atom stereocenters. The van der Waals surface area contributed by atoms with Gasteiger partial charge in [-0.1, -0.05) is 19.3 Å². The van der Waals surface area contributed by atoms with E-state index in [0.717, 1.165) is 35.5 Å². The molecule has 0 radical (unpaired) electrons. The van der Waals surface area contributed by atoms with Gasteiger partial charge >= 0.3 is 0 Å². The molecule has 2 bridgehead atoms. The molecule has 3 fully saturated rings. The fourth-order valence-corrected chi connectivity index (χ4v) is 5.12. The number of nitriles is 1. The van der Waals surface area contributed by atoms with E-state index in [1.54, 1.807) is 12.3 Å². The SMILES string of the molecule is CO.N#Cc1cc2c(Br)c(NC3CCCCC3)ncc2o1.O=CC1CC2CCC1N2. The van der Waals surface area contributed by atoms with Crippen LogP contribution in [0.5, 0.6) is 0 Å². The molecule has 162 valence electrons. The molecule has 30 heavy (non-hydrogen) atoms. The second-order valence-electron chi connectivity index (χ2n) is 7.98. The summed E-state index contributed by atoms with van der Waals surface area (Å²) in [6, 6.07) is 5.46. The molecule has 0 amide bonds. The van der Waals surface area contributed by atoms with E-state index in [9.17, 15) is 4.79 Å². The Hall–Kier alpha value is -1.95. The Morgan fingerprint density at radius 3 is 2.63 bits per heavy atom. The number of nitrogens with zero attached hydrogens (tertiary/aromatic N) is 2. The molecule has 1 saturated carbocycles. The summed E-state index contributed by atoms with van der Waals surface area (Å²) in [5.41, 5.74) is 0.637. The Bertz CT molecular complexity index is 888. The van der Waals surface area contributed by atoms with Gasteiger partial charge in [-0.2, -0.15) is 5.26 Å². The van der Waals surface area contributed by atoms with E-state index in [2.05, 4.69) is 31.5 Å². The fraction of sp³-hybridized carbons (Fsp3) is 0.591. The highest BCUT2D eigenvalue weighted by molar-refractivity contribution is 9.10. The first kappa shape index (κ1) is 22.7. The van der Waals surface area contributed by atoms with Crippen molar-refractivity contribution in [3.05, 3.63) is 22.5 Å². The van der Waals surface area contributed by atoms with Gasteiger partial charge in [0.2, 0.25) is 5.76 Å². The van der Waals surface area contributed by atoms with Crippen molar-refractivity contribution in [1.29, 1.82) is 5.26 Å². The topological polar surface area (TPSA) is 111 Å². The lowest BCUT2D eigenvalue weighted by Crippen LogP contribution is -2.23. The lowest BCUT2D eigenvalue weighted by atomic mass is 9.91. The third-order valence-corrected chi connectivity index (χ3v) is 6.90. The second kappa shape index (κ2) is 10.9. The van der Waals surface area contributed by atoms with Crippen molar-refractivity contribution < 1.29 is 14.3 Å². The predicted molar refractivity (Wildman–Crippen MR) is 119 cm³/mol. The van der Waals surface area contributed by atoms with Crippen LogP contribution < -0.4 is 10.6 Å². The summed E-state index contributed by atoms with van der Waals surface area (Å²) in [5, 5.41) is 23.6. The summed E-state index contributed by atoms with van der Waals surface area (Å²) in [6.45, 7) is 0. The lowest BCUT2D eigenvalue weighted by molar-refractivity contribution is -0.111. The maximum atomic E-state index is 10.4. The highest BCUT2D eigenvalue weighted by atomic mass is 79.9. The number of halogens is 1. The number of furan rings is 1. The first-order valence-corrected chi connectivity index (χ1v) is 11.4. The van der Waals surface area contributed by atoms with Crippen molar-refractivity contribution in [1.82, 2.24) is 10.3 Å². The fourth-order valence-electron chi connectivity index (χ4n) is 4.59. The van der Waals surface area contributed by atoms with Crippen LogP contribution in [0.3, 0.4) is 0 Å². The summed E-state index contributed by atoms with van der Waals surface area (Å²) in [6.07, 6.45) is 12.7. The molecule has 7 nitrogen and oxygen atoms in total. The van der Waals surface area contributed by atoms with Crippen LogP contribution in [0.15, 0.2) is 21.2 Å². The van der Waals surface area contributed by atoms with Crippen LogP contribution in [0, 0.1) is 17.2 Å². The van der Waals surface area contributed by atoms with Gasteiger partial charge in [-0.3, -0.25) is 0 Å². The molecule has 3 aliphatic rings. The van der Waals surface area contributed by atoms with Crippen LogP contribution in [-0.4, -0.2) is 41.6 Å². The zero-order chi connectivity index (χ0) is 21.5. The van der Waals surface area contributed by atoms with Crippen LogP contribution in [0.25, 0.3) is 11.0 Å². The van der Waals surface area contributed by atoms with E-state index in [0.29, 0.717) is 35.4 Å². The quantitative estimate of drug-likeness (QED) is 0.570. The minimum absolute atomic E-state index is 0.312. The maximum Gasteiger partial charge on any atom is 0.204 e. The van der Waals surface area contributed by atoms with Gasteiger partial charge in [0.1, 0.15) is 18.2 Å². The number of carbonyl (C=O) groups excluding carboxylic acids is 1. The van der Waals surface area contributed by atoms with E-state index >= 15 is 0 Å². The van der Waals surface area contributed by atoms with E-state index in [-0.39, 0.29) is 0 Å². The zero-order valence-electron chi connectivity index (χ0n) is 17.2. The third kappa shape index (κ3) is 5.20. The molecular weight excluding hydrogens is 448 g/mol. The van der Waals surface area contributed by atoms with Crippen LogP contribution in [-0.2, 0) is 4.79 Å². The molecule has 2 saturated heterocycles. The van der Waals surface area contributed by atoms with Crippen LogP contribution in [0.1, 0.15) is 57.1 Å². The molecule has 2 aromatic heterocycles. The number of hydrogen-bond acceptors (Lipinski definition) is 7. The summed E-state index contributed by atoms with van der Waals surface area (Å²) >= 11 is 3.56. The van der Waals surface area contributed by atoms with Crippen molar-refractivity contribution in [3.8, 4) is 6.07 Å². The van der Waals surface area contributed by atoms with Gasteiger partial charge in [0, 0.05) is 42.6 Å². The highest BCUT2D eigenvalue weighted by Gasteiger charge is 2.38. The number of carbonyl (C=O) groups is 1. The van der Waals surface area contributed by atoms with Crippen LogP contribution in [0.4, 0.5) is 5.82 Å². The minimum atomic E-state index is 0.312. The molecule has 0 aromatic carbocycles. The van der Waals surface area contributed by atoms with Gasteiger partial charge in [0.05, 0.1) is 10.7 Å².